The summed E-state index contributed by atoms with van der Waals surface area (Å²) in [5, 5.41) is 9.11. The van der Waals surface area contributed by atoms with Gasteiger partial charge >= 0.3 is 5.97 Å². The smallest absolute Gasteiger partial charge is 0.310 e. The molecule has 0 saturated carbocycles. The van der Waals surface area contributed by atoms with Gasteiger partial charge in [0, 0.05) is 10.9 Å². The van der Waals surface area contributed by atoms with Crippen molar-refractivity contribution in [2.75, 3.05) is 0 Å². The van der Waals surface area contributed by atoms with E-state index in [1.165, 1.54) is 6.07 Å². The van der Waals surface area contributed by atoms with Crippen LogP contribution < -0.4 is 0 Å². The molecular weight excluding hydrogens is 368 g/mol. The number of aliphatic carboxylic acids is 1. The Morgan fingerprint density at radius 2 is 1.86 bits per heavy atom. The van der Waals surface area contributed by atoms with Gasteiger partial charge < -0.3 is 5.11 Å². The summed E-state index contributed by atoms with van der Waals surface area (Å²) in [6, 6.07) is 10.00. The Morgan fingerprint density at radius 3 is 2.55 bits per heavy atom. The Kier molecular flexibility index (Phi) is 3.61. The summed E-state index contributed by atoms with van der Waals surface area (Å²) in [5.74, 6) is -1.60. The van der Waals surface area contributed by atoms with Crippen molar-refractivity contribution in [1.29, 1.82) is 0 Å². The zero-order valence-corrected chi connectivity index (χ0v) is 14.1. The molecule has 0 aliphatic carbocycles. The zero-order chi connectivity index (χ0) is 16.1. The fourth-order valence-corrected chi connectivity index (χ4v) is 4.90. The minimum Gasteiger partial charge on any atom is -0.481 e. The van der Waals surface area contributed by atoms with E-state index in [2.05, 4.69) is 15.9 Å². The van der Waals surface area contributed by atoms with E-state index in [9.17, 15) is 13.2 Å². The lowest BCUT2D eigenvalue weighted by molar-refractivity contribution is -0.138. The van der Waals surface area contributed by atoms with Crippen LogP contribution in [0.2, 0.25) is 0 Å². The average molecular weight is 381 g/mol. The van der Waals surface area contributed by atoms with Crippen LogP contribution in [0.4, 0.5) is 0 Å². The SMILES string of the molecule is CC(C(=O)O)c1ccc2c(c1)Cc1ccc(Br)cc1S2(=O)=O. The molecule has 2 aromatic rings. The molecule has 4 nitrogen and oxygen atoms in total. The quantitative estimate of drug-likeness (QED) is 0.739. The van der Waals surface area contributed by atoms with Crippen LogP contribution in [0.3, 0.4) is 0 Å². The fourth-order valence-electron chi connectivity index (χ4n) is 2.66. The first-order valence-corrected chi connectivity index (χ1v) is 8.97. The number of benzene rings is 2. The minimum atomic E-state index is -3.56. The molecule has 0 aromatic heterocycles. The van der Waals surface area contributed by atoms with E-state index in [0.29, 0.717) is 22.4 Å². The van der Waals surface area contributed by atoms with Crippen molar-refractivity contribution >= 4 is 31.7 Å². The summed E-state index contributed by atoms with van der Waals surface area (Å²) >= 11 is 3.30. The maximum atomic E-state index is 12.7. The highest BCUT2D eigenvalue weighted by Gasteiger charge is 2.30. The number of hydrogen-bond donors (Lipinski definition) is 1. The van der Waals surface area contributed by atoms with Crippen LogP contribution in [0.1, 0.15) is 29.5 Å². The summed E-state index contributed by atoms with van der Waals surface area (Å²) in [6.07, 6.45) is 0.483. The summed E-state index contributed by atoms with van der Waals surface area (Å²) in [5.41, 5.74) is 2.00. The number of sulfone groups is 1. The summed E-state index contributed by atoms with van der Waals surface area (Å²) in [6.45, 7) is 1.59. The standard InChI is InChI=1S/C16H13BrO4S/c1-9(16(18)19)10-3-5-14-12(6-10)7-11-2-4-13(17)8-15(11)22(14,20)21/h2-6,8-9H,7H2,1H3,(H,18,19). The van der Waals surface area contributed by atoms with E-state index in [4.69, 9.17) is 5.11 Å². The third-order valence-corrected chi connectivity index (χ3v) is 6.37. The molecule has 114 valence electrons. The van der Waals surface area contributed by atoms with Gasteiger partial charge in [-0.3, -0.25) is 4.79 Å². The lowest BCUT2D eigenvalue weighted by atomic mass is 9.96. The Bertz CT molecular complexity index is 887. The lowest BCUT2D eigenvalue weighted by Crippen LogP contribution is -2.16. The maximum absolute atomic E-state index is 12.7. The molecular formula is C16H13BrO4S. The Labute approximate surface area is 136 Å². The maximum Gasteiger partial charge on any atom is 0.310 e. The Balaban J connectivity index is 2.17. The molecule has 0 radical (unpaired) electrons. The van der Waals surface area contributed by atoms with E-state index in [-0.39, 0.29) is 4.90 Å². The molecule has 0 amide bonds. The minimum absolute atomic E-state index is 0.263. The van der Waals surface area contributed by atoms with Crippen LogP contribution in [0.15, 0.2) is 50.7 Å². The van der Waals surface area contributed by atoms with Gasteiger partial charge in [0.05, 0.1) is 15.7 Å². The third kappa shape index (κ3) is 2.36. The number of carboxylic acid groups (broad SMARTS) is 1. The van der Waals surface area contributed by atoms with Gasteiger partial charge in [0.2, 0.25) is 9.84 Å². The molecule has 3 rings (SSSR count). The van der Waals surface area contributed by atoms with Crippen LogP contribution in [-0.2, 0) is 21.1 Å². The van der Waals surface area contributed by atoms with Gasteiger partial charge in [0.1, 0.15) is 0 Å². The van der Waals surface area contributed by atoms with Crippen molar-refractivity contribution in [3.05, 3.63) is 57.6 Å². The van der Waals surface area contributed by atoms with Crippen molar-refractivity contribution in [3.63, 3.8) is 0 Å². The highest BCUT2D eigenvalue weighted by atomic mass is 79.9. The number of fused-ring (bicyclic) bond motifs is 2. The molecule has 22 heavy (non-hydrogen) atoms. The molecule has 0 spiro atoms. The van der Waals surface area contributed by atoms with Crippen LogP contribution in [0, 0.1) is 0 Å². The second kappa shape index (κ2) is 5.21. The molecule has 1 aliphatic rings. The third-order valence-electron chi connectivity index (χ3n) is 3.94. The van der Waals surface area contributed by atoms with Crippen molar-refractivity contribution in [1.82, 2.24) is 0 Å². The Morgan fingerprint density at radius 1 is 1.14 bits per heavy atom. The second-order valence-electron chi connectivity index (χ2n) is 5.36. The molecule has 0 fully saturated rings. The van der Waals surface area contributed by atoms with E-state index in [0.717, 1.165) is 10.0 Å². The number of halogens is 1. The molecule has 1 unspecified atom stereocenters. The topological polar surface area (TPSA) is 71.4 Å². The fraction of sp³-hybridized carbons (Fsp3) is 0.188. The van der Waals surface area contributed by atoms with Crippen LogP contribution in [0.25, 0.3) is 0 Å². The van der Waals surface area contributed by atoms with Crippen molar-refractivity contribution in [3.8, 4) is 0 Å². The molecule has 1 aliphatic heterocycles. The second-order valence-corrected chi connectivity index (χ2v) is 8.16. The predicted octanol–water partition coefficient (Wildman–Crippen LogP) is 3.37. The zero-order valence-electron chi connectivity index (χ0n) is 11.7. The van der Waals surface area contributed by atoms with Crippen molar-refractivity contribution < 1.29 is 18.3 Å². The van der Waals surface area contributed by atoms with E-state index in [1.54, 1.807) is 31.2 Å². The summed E-state index contributed by atoms with van der Waals surface area (Å²) in [4.78, 5) is 11.7. The normalized spacial score (nSPS) is 16.5. The molecule has 0 bridgehead atoms. The van der Waals surface area contributed by atoms with Crippen LogP contribution in [0.5, 0.6) is 0 Å². The highest BCUT2D eigenvalue weighted by Crippen LogP contribution is 2.37. The van der Waals surface area contributed by atoms with Gasteiger partial charge in [-0.2, -0.15) is 0 Å². The van der Waals surface area contributed by atoms with E-state index >= 15 is 0 Å². The van der Waals surface area contributed by atoms with Gasteiger partial charge in [-0.05, 0) is 41.8 Å². The number of rotatable bonds is 2. The predicted molar refractivity (Wildman–Crippen MR) is 84.9 cm³/mol. The monoisotopic (exact) mass is 380 g/mol. The van der Waals surface area contributed by atoms with E-state index in [1.807, 2.05) is 6.07 Å². The molecule has 2 aromatic carbocycles. The summed E-state index contributed by atoms with van der Waals surface area (Å²) < 4.78 is 26.2. The van der Waals surface area contributed by atoms with Gasteiger partial charge in [0.15, 0.2) is 0 Å². The molecule has 6 heteroatoms. The van der Waals surface area contributed by atoms with Gasteiger partial charge in [0.25, 0.3) is 0 Å². The van der Waals surface area contributed by atoms with Crippen molar-refractivity contribution in [2.24, 2.45) is 0 Å². The van der Waals surface area contributed by atoms with Gasteiger partial charge in [-0.25, -0.2) is 8.42 Å². The molecule has 1 N–H and O–H groups in total. The first-order chi connectivity index (χ1) is 10.3. The van der Waals surface area contributed by atoms with Gasteiger partial charge in [-0.1, -0.05) is 34.1 Å². The lowest BCUT2D eigenvalue weighted by Gasteiger charge is -2.21. The largest absolute Gasteiger partial charge is 0.481 e. The molecule has 1 atom stereocenters. The first-order valence-electron chi connectivity index (χ1n) is 6.70. The first kappa shape index (κ1) is 15.2. The highest BCUT2D eigenvalue weighted by molar-refractivity contribution is 9.10. The summed E-state index contributed by atoms with van der Waals surface area (Å²) in [7, 11) is -3.56. The average Bonchev–Trinajstić information content (AvgIpc) is 2.47. The van der Waals surface area contributed by atoms with Gasteiger partial charge in [-0.15, -0.1) is 0 Å². The molecule has 0 saturated heterocycles. The van der Waals surface area contributed by atoms with Crippen LogP contribution in [-0.4, -0.2) is 19.5 Å². The Hall–Kier alpha value is -1.66. The number of hydrogen-bond acceptors (Lipinski definition) is 3. The number of carbonyl (C=O) groups is 1. The van der Waals surface area contributed by atoms with Crippen molar-refractivity contribution in [2.45, 2.75) is 29.1 Å². The van der Waals surface area contributed by atoms with Crippen LogP contribution >= 0.6 is 15.9 Å². The molecule has 1 heterocycles. The van der Waals surface area contributed by atoms with E-state index < -0.39 is 21.7 Å². The number of carboxylic acids is 1.